The third-order valence-corrected chi connectivity index (χ3v) is 3.44. The lowest BCUT2D eigenvalue weighted by molar-refractivity contribution is 0.0692. The highest BCUT2D eigenvalue weighted by Gasteiger charge is 2.18. The predicted molar refractivity (Wildman–Crippen MR) is 79.6 cm³/mol. The van der Waals surface area contributed by atoms with Gasteiger partial charge in [0, 0.05) is 5.69 Å². The zero-order valence-corrected chi connectivity index (χ0v) is 13.0. The number of nitrogens with zero attached hydrogens (tertiary/aromatic N) is 1. The van der Waals surface area contributed by atoms with E-state index in [4.69, 9.17) is 4.74 Å². The highest BCUT2D eigenvalue weighted by Crippen LogP contribution is 2.32. The summed E-state index contributed by atoms with van der Waals surface area (Å²) in [5.41, 5.74) is 2.51. The van der Waals surface area contributed by atoms with E-state index in [0.717, 1.165) is 10.0 Å². The van der Waals surface area contributed by atoms with Crippen molar-refractivity contribution in [3.05, 3.63) is 51.1 Å². The fourth-order valence-electron chi connectivity index (χ4n) is 1.93. The molecule has 1 aromatic carbocycles. The van der Waals surface area contributed by atoms with Gasteiger partial charge in [-0.25, -0.2) is 9.78 Å². The Labute approximate surface area is 125 Å². The van der Waals surface area contributed by atoms with Gasteiger partial charge < -0.3 is 9.84 Å². The number of benzene rings is 1. The summed E-state index contributed by atoms with van der Waals surface area (Å²) in [6.45, 7) is 5.50. The standard InChI is InChI=1S/C15H14BrNO3/c1-8-4-5-12(11(16)6-8)20-14-13(15(18)19)9(2)7-10(3)17-14/h4-7H,1-3H3,(H,18,19). The number of rotatable bonds is 3. The van der Waals surface area contributed by atoms with Crippen LogP contribution in [0, 0.1) is 20.8 Å². The molecule has 0 atom stereocenters. The van der Waals surface area contributed by atoms with Gasteiger partial charge >= 0.3 is 5.97 Å². The quantitative estimate of drug-likeness (QED) is 0.910. The Morgan fingerprint density at radius 3 is 2.55 bits per heavy atom. The van der Waals surface area contributed by atoms with Crippen molar-refractivity contribution in [3.63, 3.8) is 0 Å². The number of pyridine rings is 1. The van der Waals surface area contributed by atoms with Gasteiger partial charge in [0.25, 0.3) is 0 Å². The van der Waals surface area contributed by atoms with E-state index in [1.54, 1.807) is 26.0 Å². The Morgan fingerprint density at radius 2 is 1.95 bits per heavy atom. The van der Waals surface area contributed by atoms with Gasteiger partial charge in [-0.2, -0.15) is 0 Å². The Bertz CT molecular complexity index is 683. The van der Waals surface area contributed by atoms with E-state index in [-0.39, 0.29) is 11.4 Å². The number of aryl methyl sites for hydroxylation is 3. The molecule has 104 valence electrons. The lowest BCUT2D eigenvalue weighted by Crippen LogP contribution is -2.06. The van der Waals surface area contributed by atoms with Crippen LogP contribution in [0.3, 0.4) is 0 Å². The minimum absolute atomic E-state index is 0.0862. The van der Waals surface area contributed by atoms with Gasteiger partial charge in [0.15, 0.2) is 0 Å². The van der Waals surface area contributed by atoms with Crippen LogP contribution in [0.25, 0.3) is 0 Å². The van der Waals surface area contributed by atoms with Gasteiger partial charge in [-0.1, -0.05) is 6.07 Å². The first-order chi connectivity index (χ1) is 9.38. The highest BCUT2D eigenvalue weighted by molar-refractivity contribution is 9.10. The third-order valence-electron chi connectivity index (χ3n) is 2.82. The van der Waals surface area contributed by atoms with E-state index in [1.807, 2.05) is 19.1 Å². The number of carbonyl (C=O) groups is 1. The van der Waals surface area contributed by atoms with Gasteiger partial charge in [0.2, 0.25) is 5.88 Å². The second-order valence-corrected chi connectivity index (χ2v) is 5.46. The molecule has 0 spiro atoms. The second kappa shape index (κ2) is 5.63. The third kappa shape index (κ3) is 2.99. The van der Waals surface area contributed by atoms with Crippen molar-refractivity contribution in [2.45, 2.75) is 20.8 Å². The van der Waals surface area contributed by atoms with Crippen LogP contribution in [-0.4, -0.2) is 16.1 Å². The summed E-state index contributed by atoms with van der Waals surface area (Å²) in [7, 11) is 0. The first-order valence-electron chi connectivity index (χ1n) is 6.04. The molecule has 2 aromatic rings. The minimum atomic E-state index is -1.05. The van der Waals surface area contributed by atoms with Crippen LogP contribution < -0.4 is 4.74 Å². The van der Waals surface area contributed by atoms with E-state index in [1.165, 1.54) is 0 Å². The van der Waals surface area contributed by atoms with E-state index in [9.17, 15) is 9.90 Å². The molecule has 1 N–H and O–H groups in total. The van der Waals surface area contributed by atoms with Crippen LogP contribution in [0.4, 0.5) is 0 Å². The molecule has 1 heterocycles. The van der Waals surface area contributed by atoms with E-state index in [2.05, 4.69) is 20.9 Å². The second-order valence-electron chi connectivity index (χ2n) is 4.60. The average Bonchev–Trinajstić information content (AvgIpc) is 2.31. The van der Waals surface area contributed by atoms with Crippen molar-refractivity contribution in [3.8, 4) is 11.6 Å². The van der Waals surface area contributed by atoms with Crippen LogP contribution in [0.1, 0.15) is 27.2 Å². The molecule has 20 heavy (non-hydrogen) atoms. The van der Waals surface area contributed by atoms with Crippen LogP contribution in [0.5, 0.6) is 11.6 Å². The van der Waals surface area contributed by atoms with Gasteiger partial charge in [0.05, 0.1) is 4.47 Å². The van der Waals surface area contributed by atoms with Gasteiger partial charge in [0.1, 0.15) is 11.3 Å². The number of halogens is 1. The monoisotopic (exact) mass is 335 g/mol. The summed E-state index contributed by atoms with van der Waals surface area (Å²) in [6, 6.07) is 7.30. The number of ether oxygens (including phenoxy) is 1. The number of carboxylic acids is 1. The Hall–Kier alpha value is -1.88. The number of carboxylic acid groups (broad SMARTS) is 1. The first-order valence-corrected chi connectivity index (χ1v) is 6.83. The van der Waals surface area contributed by atoms with Gasteiger partial charge in [-0.05, 0) is 66.0 Å². The molecule has 0 aliphatic heterocycles. The molecule has 5 heteroatoms. The molecular weight excluding hydrogens is 322 g/mol. The molecule has 2 rings (SSSR count). The number of aromatic carboxylic acids is 1. The molecule has 0 unspecified atom stereocenters. The van der Waals surface area contributed by atoms with Crippen molar-refractivity contribution in [2.24, 2.45) is 0 Å². The molecule has 0 radical (unpaired) electrons. The summed E-state index contributed by atoms with van der Waals surface area (Å²) in [5.74, 6) is -0.400. The molecule has 0 bridgehead atoms. The van der Waals surface area contributed by atoms with E-state index >= 15 is 0 Å². The van der Waals surface area contributed by atoms with Crippen LogP contribution >= 0.6 is 15.9 Å². The highest BCUT2D eigenvalue weighted by atomic mass is 79.9. The fourth-order valence-corrected chi connectivity index (χ4v) is 2.50. The van der Waals surface area contributed by atoms with Crippen LogP contribution in [-0.2, 0) is 0 Å². The molecule has 0 aliphatic rings. The average molecular weight is 336 g/mol. The van der Waals surface area contributed by atoms with Crippen molar-refractivity contribution < 1.29 is 14.6 Å². The summed E-state index contributed by atoms with van der Waals surface area (Å²) < 4.78 is 6.44. The predicted octanol–water partition coefficient (Wildman–Crippen LogP) is 4.26. The smallest absolute Gasteiger partial charge is 0.341 e. The largest absolute Gasteiger partial charge is 0.477 e. The lowest BCUT2D eigenvalue weighted by Gasteiger charge is -2.12. The molecule has 0 saturated heterocycles. The summed E-state index contributed by atoms with van der Waals surface area (Å²) >= 11 is 3.40. The van der Waals surface area contributed by atoms with Crippen molar-refractivity contribution in [2.75, 3.05) is 0 Å². The van der Waals surface area contributed by atoms with Gasteiger partial charge in [-0.3, -0.25) is 0 Å². The first kappa shape index (κ1) is 14.5. The normalized spacial score (nSPS) is 10.4. The molecule has 0 fully saturated rings. The summed E-state index contributed by atoms with van der Waals surface area (Å²) in [4.78, 5) is 15.5. The molecule has 4 nitrogen and oxygen atoms in total. The van der Waals surface area contributed by atoms with Crippen molar-refractivity contribution in [1.29, 1.82) is 0 Å². The van der Waals surface area contributed by atoms with Crippen LogP contribution in [0.2, 0.25) is 0 Å². The molecule has 1 aromatic heterocycles. The number of hydrogen-bond acceptors (Lipinski definition) is 3. The molecular formula is C15H14BrNO3. The zero-order valence-electron chi connectivity index (χ0n) is 11.4. The summed E-state index contributed by atoms with van der Waals surface area (Å²) in [6.07, 6.45) is 0. The Morgan fingerprint density at radius 1 is 1.25 bits per heavy atom. The maximum atomic E-state index is 11.4. The lowest BCUT2D eigenvalue weighted by atomic mass is 10.1. The minimum Gasteiger partial charge on any atom is -0.477 e. The maximum Gasteiger partial charge on any atom is 0.341 e. The van der Waals surface area contributed by atoms with E-state index < -0.39 is 5.97 Å². The topological polar surface area (TPSA) is 59.4 Å². The SMILES string of the molecule is Cc1ccc(Oc2nc(C)cc(C)c2C(=O)O)c(Br)c1. The zero-order chi connectivity index (χ0) is 14.9. The molecule has 0 amide bonds. The van der Waals surface area contributed by atoms with Gasteiger partial charge in [-0.15, -0.1) is 0 Å². The fraction of sp³-hybridized carbons (Fsp3) is 0.200. The van der Waals surface area contributed by atoms with Crippen molar-refractivity contribution in [1.82, 2.24) is 4.98 Å². The Kier molecular flexibility index (Phi) is 4.09. The molecule has 0 aliphatic carbocycles. The Balaban J connectivity index is 2.50. The maximum absolute atomic E-state index is 11.4. The number of hydrogen-bond donors (Lipinski definition) is 1. The van der Waals surface area contributed by atoms with E-state index in [0.29, 0.717) is 17.0 Å². The van der Waals surface area contributed by atoms with Crippen molar-refractivity contribution >= 4 is 21.9 Å². The summed E-state index contributed by atoms with van der Waals surface area (Å²) in [5, 5.41) is 9.30. The molecule has 0 saturated carbocycles. The number of aromatic nitrogens is 1. The van der Waals surface area contributed by atoms with Crippen LogP contribution in [0.15, 0.2) is 28.7 Å².